The average Bonchev–Trinajstić information content (AvgIpc) is 2.30. The largest absolute Gasteiger partial charge is 0.481 e. The number of amides is 3. The zero-order chi connectivity index (χ0) is 14.3. The Morgan fingerprint density at radius 2 is 1.94 bits per heavy atom. The van der Waals surface area contributed by atoms with Crippen molar-refractivity contribution >= 4 is 17.9 Å². The van der Waals surface area contributed by atoms with Gasteiger partial charge in [0.2, 0.25) is 5.91 Å². The number of likely N-dealkylation sites (N-methyl/N-ethyl adjacent to an activating group) is 1. The monoisotopic (exact) mass is 259 g/mol. The second-order valence-electron chi connectivity index (χ2n) is 4.28. The van der Waals surface area contributed by atoms with E-state index in [-0.39, 0.29) is 24.8 Å². The first-order chi connectivity index (χ1) is 8.29. The van der Waals surface area contributed by atoms with Gasteiger partial charge in [-0.1, -0.05) is 20.3 Å². The van der Waals surface area contributed by atoms with Crippen molar-refractivity contribution in [3.63, 3.8) is 0 Å². The van der Waals surface area contributed by atoms with Crippen LogP contribution in [0.2, 0.25) is 0 Å². The lowest BCUT2D eigenvalue weighted by Crippen LogP contribution is -2.52. The molecule has 4 N–H and O–H groups in total. The molecule has 0 bridgehead atoms. The lowest BCUT2D eigenvalue weighted by atomic mass is 9.98. The smallest absolute Gasteiger partial charge is 0.312 e. The molecule has 104 valence electrons. The van der Waals surface area contributed by atoms with E-state index in [9.17, 15) is 14.4 Å². The molecule has 7 nitrogen and oxygen atoms in total. The summed E-state index contributed by atoms with van der Waals surface area (Å²) in [5.74, 6) is -1.38. The average molecular weight is 259 g/mol. The third-order valence-corrected chi connectivity index (χ3v) is 2.81. The van der Waals surface area contributed by atoms with Crippen LogP contribution in [0, 0.1) is 5.92 Å². The molecule has 0 radical (unpaired) electrons. The molecule has 0 aliphatic carbocycles. The van der Waals surface area contributed by atoms with Gasteiger partial charge in [-0.3, -0.25) is 9.59 Å². The Labute approximate surface area is 106 Å². The van der Waals surface area contributed by atoms with E-state index in [2.05, 4.69) is 5.32 Å². The van der Waals surface area contributed by atoms with E-state index in [0.717, 1.165) is 0 Å². The summed E-state index contributed by atoms with van der Waals surface area (Å²) < 4.78 is 0. The highest BCUT2D eigenvalue weighted by molar-refractivity contribution is 5.86. The van der Waals surface area contributed by atoms with Crippen LogP contribution in [0.5, 0.6) is 0 Å². The maximum absolute atomic E-state index is 12.1. The van der Waals surface area contributed by atoms with Gasteiger partial charge in [0.05, 0.1) is 6.42 Å². The Morgan fingerprint density at radius 3 is 2.33 bits per heavy atom. The molecule has 7 heteroatoms. The molecule has 2 unspecified atom stereocenters. The van der Waals surface area contributed by atoms with Gasteiger partial charge in [0.1, 0.15) is 6.04 Å². The van der Waals surface area contributed by atoms with Gasteiger partial charge < -0.3 is 21.1 Å². The molecule has 0 saturated heterocycles. The van der Waals surface area contributed by atoms with Gasteiger partial charge in [-0.05, 0) is 5.92 Å². The summed E-state index contributed by atoms with van der Waals surface area (Å²) in [7, 11) is 1.50. The van der Waals surface area contributed by atoms with E-state index in [0.29, 0.717) is 6.42 Å². The van der Waals surface area contributed by atoms with Crippen molar-refractivity contribution in [1.29, 1.82) is 0 Å². The van der Waals surface area contributed by atoms with Crippen LogP contribution >= 0.6 is 0 Å². The Morgan fingerprint density at radius 1 is 1.39 bits per heavy atom. The minimum absolute atomic E-state index is 0.0720. The van der Waals surface area contributed by atoms with E-state index < -0.39 is 18.0 Å². The van der Waals surface area contributed by atoms with E-state index in [1.165, 1.54) is 11.9 Å². The number of hydrogen-bond donors (Lipinski definition) is 3. The summed E-state index contributed by atoms with van der Waals surface area (Å²) in [6.07, 6.45) is 0.565. The van der Waals surface area contributed by atoms with Crippen molar-refractivity contribution in [1.82, 2.24) is 10.2 Å². The molecular weight excluding hydrogens is 238 g/mol. The normalized spacial score (nSPS) is 13.5. The molecule has 0 aliphatic rings. The molecule has 2 atom stereocenters. The van der Waals surface area contributed by atoms with Gasteiger partial charge >= 0.3 is 12.0 Å². The van der Waals surface area contributed by atoms with Crippen molar-refractivity contribution in [3.8, 4) is 0 Å². The third-order valence-electron chi connectivity index (χ3n) is 2.81. The number of carbonyl (C=O) groups is 3. The number of carboxylic acid groups (broad SMARTS) is 1. The first-order valence-electron chi connectivity index (χ1n) is 5.82. The predicted molar refractivity (Wildman–Crippen MR) is 65.9 cm³/mol. The predicted octanol–water partition coefficient (Wildman–Crippen LogP) is 0.00250. The van der Waals surface area contributed by atoms with Crippen molar-refractivity contribution in [3.05, 3.63) is 0 Å². The van der Waals surface area contributed by atoms with E-state index in [1.807, 2.05) is 13.8 Å². The topological polar surface area (TPSA) is 113 Å². The molecule has 0 aromatic heterocycles. The number of carboxylic acids is 1. The summed E-state index contributed by atoms with van der Waals surface area (Å²) in [5.41, 5.74) is 5.03. The Balaban J connectivity index is 4.62. The molecule has 0 rings (SSSR count). The molecule has 3 amide bonds. The number of urea groups is 1. The number of nitrogens with two attached hydrogens (primary N) is 1. The molecule has 18 heavy (non-hydrogen) atoms. The van der Waals surface area contributed by atoms with Crippen LogP contribution in [-0.2, 0) is 9.59 Å². The number of primary amides is 1. The van der Waals surface area contributed by atoms with Crippen LogP contribution in [0.4, 0.5) is 4.79 Å². The van der Waals surface area contributed by atoms with Gasteiger partial charge in [0.25, 0.3) is 0 Å². The summed E-state index contributed by atoms with van der Waals surface area (Å²) >= 11 is 0. The van der Waals surface area contributed by atoms with Crippen molar-refractivity contribution < 1.29 is 19.5 Å². The molecule has 0 aromatic rings. The van der Waals surface area contributed by atoms with Crippen LogP contribution < -0.4 is 11.1 Å². The number of carbonyl (C=O) groups excluding carboxylic acids is 2. The first-order valence-corrected chi connectivity index (χ1v) is 5.82. The standard InChI is InChI=1S/C11H21N3O4/c1-4-7(2)9(13-11(12)18)10(17)14(3)6-5-8(15)16/h7,9H,4-6H2,1-3H3,(H,15,16)(H3,12,13,18). The minimum atomic E-state index is -0.974. The van der Waals surface area contributed by atoms with Crippen molar-refractivity contribution in [2.24, 2.45) is 11.7 Å². The number of nitrogens with zero attached hydrogens (tertiary/aromatic N) is 1. The quantitative estimate of drug-likeness (QED) is 0.597. The second-order valence-corrected chi connectivity index (χ2v) is 4.28. The lowest BCUT2D eigenvalue weighted by Gasteiger charge is -2.27. The van der Waals surface area contributed by atoms with Gasteiger partial charge in [-0.2, -0.15) is 0 Å². The zero-order valence-corrected chi connectivity index (χ0v) is 11.0. The van der Waals surface area contributed by atoms with Gasteiger partial charge in [0.15, 0.2) is 0 Å². The van der Waals surface area contributed by atoms with Crippen LogP contribution in [0.15, 0.2) is 0 Å². The Bertz CT molecular complexity index is 319. The van der Waals surface area contributed by atoms with E-state index in [1.54, 1.807) is 0 Å². The molecule has 0 aliphatic heterocycles. The van der Waals surface area contributed by atoms with Crippen molar-refractivity contribution in [2.45, 2.75) is 32.7 Å². The molecule has 0 saturated carbocycles. The summed E-state index contributed by atoms with van der Waals surface area (Å²) in [5, 5.41) is 11.0. The third kappa shape index (κ3) is 5.51. The highest BCUT2D eigenvalue weighted by Gasteiger charge is 2.27. The SMILES string of the molecule is CCC(C)C(NC(N)=O)C(=O)N(C)CCC(=O)O. The highest BCUT2D eigenvalue weighted by Crippen LogP contribution is 2.10. The maximum atomic E-state index is 12.1. The number of aliphatic carboxylic acids is 1. The fourth-order valence-electron chi connectivity index (χ4n) is 1.45. The van der Waals surface area contributed by atoms with Crippen LogP contribution in [0.25, 0.3) is 0 Å². The summed E-state index contributed by atoms with van der Waals surface area (Å²) in [6, 6.07) is -1.48. The van der Waals surface area contributed by atoms with Crippen LogP contribution in [-0.4, -0.2) is 47.5 Å². The van der Waals surface area contributed by atoms with Gasteiger partial charge in [-0.25, -0.2) is 4.79 Å². The van der Waals surface area contributed by atoms with Crippen LogP contribution in [0.3, 0.4) is 0 Å². The van der Waals surface area contributed by atoms with Gasteiger partial charge in [-0.15, -0.1) is 0 Å². The Kier molecular flexibility index (Phi) is 6.77. The molecule has 0 fully saturated rings. The minimum Gasteiger partial charge on any atom is -0.481 e. The second kappa shape index (κ2) is 7.52. The molecule has 0 spiro atoms. The number of nitrogens with one attached hydrogen (secondary N) is 1. The number of hydrogen-bond acceptors (Lipinski definition) is 3. The molecule has 0 aromatic carbocycles. The lowest BCUT2D eigenvalue weighted by molar-refractivity contribution is -0.138. The van der Waals surface area contributed by atoms with E-state index in [4.69, 9.17) is 10.8 Å². The zero-order valence-electron chi connectivity index (χ0n) is 11.0. The first kappa shape index (κ1) is 16.2. The maximum Gasteiger partial charge on any atom is 0.312 e. The van der Waals surface area contributed by atoms with E-state index >= 15 is 0 Å². The fraction of sp³-hybridized carbons (Fsp3) is 0.727. The molecule has 0 heterocycles. The highest BCUT2D eigenvalue weighted by atomic mass is 16.4. The summed E-state index contributed by atoms with van der Waals surface area (Å²) in [6.45, 7) is 3.82. The van der Waals surface area contributed by atoms with Crippen LogP contribution in [0.1, 0.15) is 26.7 Å². The Hall–Kier alpha value is -1.79. The summed E-state index contributed by atoms with van der Waals surface area (Å²) in [4.78, 5) is 34.7. The molecular formula is C11H21N3O4. The van der Waals surface area contributed by atoms with Crippen molar-refractivity contribution in [2.75, 3.05) is 13.6 Å². The van der Waals surface area contributed by atoms with Gasteiger partial charge in [0, 0.05) is 13.6 Å². The number of rotatable bonds is 7. The fourth-order valence-corrected chi connectivity index (χ4v) is 1.45.